The van der Waals surface area contributed by atoms with Crippen molar-refractivity contribution in [1.29, 1.82) is 0 Å². The van der Waals surface area contributed by atoms with E-state index in [9.17, 15) is 8.42 Å². The van der Waals surface area contributed by atoms with Gasteiger partial charge in [0.2, 0.25) is 0 Å². The number of anilines is 2. The number of halogens is 1. The van der Waals surface area contributed by atoms with E-state index in [1.807, 2.05) is 6.07 Å². The van der Waals surface area contributed by atoms with Crippen LogP contribution in [0.3, 0.4) is 0 Å². The van der Waals surface area contributed by atoms with Crippen LogP contribution < -0.4 is 5.32 Å². The molecule has 1 heterocycles. The van der Waals surface area contributed by atoms with Gasteiger partial charge in [-0.15, -0.1) is 0 Å². The van der Waals surface area contributed by atoms with Crippen LogP contribution in [0.1, 0.15) is 0 Å². The summed E-state index contributed by atoms with van der Waals surface area (Å²) < 4.78 is 31.0. The Kier molecular flexibility index (Phi) is 3.69. The molecular formula is C14H10ClN3O3S. The Morgan fingerprint density at radius 1 is 1.09 bits per heavy atom. The second-order valence-electron chi connectivity index (χ2n) is 4.54. The molecule has 8 heteroatoms. The van der Waals surface area contributed by atoms with Crippen molar-refractivity contribution in [2.75, 3.05) is 5.32 Å². The molecule has 3 rings (SSSR count). The van der Waals surface area contributed by atoms with E-state index >= 15 is 0 Å². The van der Waals surface area contributed by atoms with Crippen LogP contribution in [0.5, 0.6) is 0 Å². The van der Waals surface area contributed by atoms with E-state index in [0.29, 0.717) is 21.9 Å². The Morgan fingerprint density at radius 3 is 2.50 bits per heavy atom. The lowest BCUT2D eigenvalue weighted by molar-refractivity contribution is 0.483. The summed E-state index contributed by atoms with van der Waals surface area (Å²) in [5.41, 5.74) is 2.00. The molecule has 0 radical (unpaired) electrons. The quantitative estimate of drug-likeness (QED) is 0.714. The predicted molar refractivity (Wildman–Crippen MR) is 84.1 cm³/mol. The van der Waals surface area contributed by atoms with Gasteiger partial charge >= 0.3 is 0 Å². The smallest absolute Gasteiger partial charge is 0.294 e. The first-order valence-electron chi connectivity index (χ1n) is 6.19. The fourth-order valence-electron chi connectivity index (χ4n) is 2.00. The Balaban J connectivity index is 1.96. The van der Waals surface area contributed by atoms with Gasteiger partial charge in [0.15, 0.2) is 0 Å². The predicted octanol–water partition coefficient (Wildman–Crippen LogP) is 3.27. The lowest BCUT2D eigenvalue weighted by atomic mass is 10.2. The van der Waals surface area contributed by atoms with Gasteiger partial charge in [0.05, 0.1) is 22.3 Å². The number of aromatic nitrogens is 2. The van der Waals surface area contributed by atoms with E-state index in [4.69, 9.17) is 16.2 Å². The van der Waals surface area contributed by atoms with Gasteiger partial charge < -0.3 is 5.32 Å². The van der Waals surface area contributed by atoms with Gasteiger partial charge in [0, 0.05) is 16.1 Å². The summed E-state index contributed by atoms with van der Waals surface area (Å²) in [6, 6.07) is 11.0. The van der Waals surface area contributed by atoms with E-state index < -0.39 is 10.1 Å². The Labute approximate surface area is 131 Å². The lowest BCUT2D eigenvalue weighted by Gasteiger charge is -2.09. The number of hydrogen-bond donors (Lipinski definition) is 2. The molecule has 0 atom stereocenters. The highest BCUT2D eigenvalue weighted by molar-refractivity contribution is 7.85. The number of hydrogen-bond acceptors (Lipinski definition) is 5. The monoisotopic (exact) mass is 335 g/mol. The summed E-state index contributed by atoms with van der Waals surface area (Å²) in [6.45, 7) is 0. The van der Waals surface area contributed by atoms with Crippen LogP contribution in [-0.4, -0.2) is 23.2 Å². The highest BCUT2D eigenvalue weighted by atomic mass is 35.5. The maximum atomic E-state index is 11.0. The van der Waals surface area contributed by atoms with Crippen molar-refractivity contribution in [2.24, 2.45) is 0 Å². The first kappa shape index (κ1) is 14.7. The SMILES string of the molecule is O=S(=O)(O)c1ccc(Nc2cnnc3cc(Cl)ccc23)cc1. The van der Waals surface area contributed by atoms with Crippen LogP contribution in [0.25, 0.3) is 10.9 Å². The molecule has 0 aliphatic rings. The summed E-state index contributed by atoms with van der Waals surface area (Å²) in [6.07, 6.45) is 1.56. The number of fused-ring (bicyclic) bond motifs is 1. The second-order valence-corrected chi connectivity index (χ2v) is 6.40. The third kappa shape index (κ3) is 3.01. The fourth-order valence-corrected chi connectivity index (χ4v) is 2.65. The summed E-state index contributed by atoms with van der Waals surface area (Å²) in [4.78, 5) is -0.164. The van der Waals surface area contributed by atoms with Gasteiger partial charge in [-0.25, -0.2) is 0 Å². The molecule has 22 heavy (non-hydrogen) atoms. The molecule has 2 aromatic carbocycles. The minimum Gasteiger partial charge on any atom is -0.354 e. The van der Waals surface area contributed by atoms with Crippen molar-refractivity contribution < 1.29 is 13.0 Å². The van der Waals surface area contributed by atoms with Gasteiger partial charge in [-0.2, -0.15) is 18.6 Å². The van der Waals surface area contributed by atoms with Crippen LogP contribution >= 0.6 is 11.6 Å². The summed E-state index contributed by atoms with van der Waals surface area (Å²) in [5, 5.41) is 12.4. The minimum atomic E-state index is -4.20. The van der Waals surface area contributed by atoms with Crippen LogP contribution in [-0.2, 0) is 10.1 Å². The summed E-state index contributed by atoms with van der Waals surface area (Å²) >= 11 is 5.92. The molecule has 2 N–H and O–H groups in total. The first-order valence-corrected chi connectivity index (χ1v) is 8.01. The lowest BCUT2D eigenvalue weighted by Crippen LogP contribution is -1.99. The van der Waals surface area contributed by atoms with Crippen LogP contribution in [0, 0.1) is 0 Å². The molecule has 0 spiro atoms. The molecule has 0 aliphatic heterocycles. The average Bonchev–Trinajstić information content (AvgIpc) is 2.47. The zero-order valence-electron chi connectivity index (χ0n) is 11.1. The highest BCUT2D eigenvalue weighted by Gasteiger charge is 2.09. The van der Waals surface area contributed by atoms with Crippen molar-refractivity contribution in [3.63, 3.8) is 0 Å². The molecule has 0 saturated carbocycles. The molecule has 1 aromatic heterocycles. The molecule has 0 aliphatic carbocycles. The Bertz CT molecular complexity index is 943. The summed E-state index contributed by atoms with van der Waals surface area (Å²) in [7, 11) is -4.20. The maximum absolute atomic E-state index is 11.0. The van der Waals surface area contributed by atoms with E-state index in [-0.39, 0.29) is 4.90 Å². The third-order valence-corrected chi connectivity index (χ3v) is 4.14. The first-order chi connectivity index (χ1) is 10.4. The van der Waals surface area contributed by atoms with Crippen molar-refractivity contribution in [3.05, 3.63) is 53.7 Å². The average molecular weight is 336 g/mol. The number of nitrogens with one attached hydrogen (secondary N) is 1. The highest BCUT2D eigenvalue weighted by Crippen LogP contribution is 2.26. The minimum absolute atomic E-state index is 0.164. The fraction of sp³-hybridized carbons (Fsp3) is 0. The number of nitrogens with zero attached hydrogens (tertiary/aromatic N) is 2. The van der Waals surface area contributed by atoms with Gasteiger partial charge in [-0.05, 0) is 42.5 Å². The van der Waals surface area contributed by atoms with E-state index in [2.05, 4.69) is 15.5 Å². The molecular weight excluding hydrogens is 326 g/mol. The molecule has 6 nitrogen and oxygen atoms in total. The van der Waals surface area contributed by atoms with Gasteiger partial charge in [-0.1, -0.05) is 11.6 Å². The molecule has 0 bridgehead atoms. The van der Waals surface area contributed by atoms with E-state index in [1.165, 1.54) is 12.1 Å². The molecule has 0 unspecified atom stereocenters. The molecule has 0 fully saturated rings. The standard InChI is InChI=1S/C14H10ClN3O3S/c15-9-1-6-12-13(7-9)18-16-8-14(12)17-10-2-4-11(5-3-10)22(19,20)21/h1-8H,(H,17,18)(H,19,20,21). The zero-order chi connectivity index (χ0) is 15.7. The van der Waals surface area contributed by atoms with Crippen molar-refractivity contribution in [3.8, 4) is 0 Å². The number of rotatable bonds is 3. The second kappa shape index (κ2) is 5.53. The van der Waals surface area contributed by atoms with Gasteiger partial charge in [0.25, 0.3) is 10.1 Å². The van der Waals surface area contributed by atoms with Crippen LogP contribution in [0.15, 0.2) is 53.6 Å². The van der Waals surface area contributed by atoms with Crippen molar-refractivity contribution in [1.82, 2.24) is 10.2 Å². The van der Waals surface area contributed by atoms with Gasteiger partial charge in [0.1, 0.15) is 0 Å². The Morgan fingerprint density at radius 2 is 1.82 bits per heavy atom. The molecule has 3 aromatic rings. The van der Waals surface area contributed by atoms with E-state index in [0.717, 1.165) is 5.39 Å². The third-order valence-electron chi connectivity index (χ3n) is 3.03. The van der Waals surface area contributed by atoms with Crippen LogP contribution in [0.2, 0.25) is 5.02 Å². The Hall–Kier alpha value is -2.22. The normalized spacial score (nSPS) is 11.5. The zero-order valence-corrected chi connectivity index (χ0v) is 12.6. The molecule has 112 valence electrons. The summed E-state index contributed by atoms with van der Waals surface area (Å²) in [5.74, 6) is 0. The van der Waals surface area contributed by atoms with Crippen LogP contribution in [0.4, 0.5) is 11.4 Å². The molecule has 0 amide bonds. The molecule has 0 saturated heterocycles. The maximum Gasteiger partial charge on any atom is 0.294 e. The topological polar surface area (TPSA) is 92.2 Å². The van der Waals surface area contributed by atoms with Gasteiger partial charge in [-0.3, -0.25) is 4.55 Å². The largest absolute Gasteiger partial charge is 0.354 e. The van der Waals surface area contributed by atoms with Crippen molar-refractivity contribution >= 4 is 44.0 Å². The number of benzene rings is 2. The van der Waals surface area contributed by atoms with E-state index in [1.54, 1.807) is 30.5 Å². The van der Waals surface area contributed by atoms with Crippen molar-refractivity contribution in [2.45, 2.75) is 4.90 Å².